The summed E-state index contributed by atoms with van der Waals surface area (Å²) < 4.78 is 0. The van der Waals surface area contributed by atoms with Gasteiger partial charge in [-0.15, -0.1) is 0 Å². The highest BCUT2D eigenvalue weighted by Gasteiger charge is 2.18. The molecule has 2 aromatic carbocycles. The molecule has 0 aromatic heterocycles. The average Bonchev–Trinajstić information content (AvgIpc) is 2.91. The minimum Gasteiger partial charge on any atom is -0.359 e. The van der Waals surface area contributed by atoms with Crippen LogP contribution in [0.25, 0.3) is 5.57 Å². The standard InChI is InChI=1S/C21H21N/c1-3-17-15-18-9-7-8-12-20(18)21(17)14-13-16(2)22-19-10-5-4-6-11-19/h3-14,22H,15H2,1-2H3/b16-13+,17-3-,21-14+. The van der Waals surface area contributed by atoms with Crippen LogP contribution in [0.15, 0.2) is 84.1 Å². The second-order valence-corrected chi connectivity index (χ2v) is 5.57. The van der Waals surface area contributed by atoms with E-state index in [1.807, 2.05) is 18.2 Å². The lowest BCUT2D eigenvalue weighted by Crippen LogP contribution is -1.94. The van der Waals surface area contributed by atoms with Crippen LogP contribution >= 0.6 is 0 Å². The number of benzene rings is 2. The topological polar surface area (TPSA) is 12.0 Å². The Kier molecular flexibility index (Phi) is 4.24. The lowest BCUT2D eigenvalue weighted by molar-refractivity contribution is 1.26. The Labute approximate surface area is 132 Å². The van der Waals surface area contributed by atoms with Crippen molar-refractivity contribution < 1.29 is 0 Å². The van der Waals surface area contributed by atoms with Crippen LogP contribution < -0.4 is 5.32 Å². The number of hydrogen-bond acceptors (Lipinski definition) is 1. The Morgan fingerprint density at radius 1 is 1.00 bits per heavy atom. The van der Waals surface area contributed by atoms with Gasteiger partial charge in [0.25, 0.3) is 0 Å². The van der Waals surface area contributed by atoms with Gasteiger partial charge in [0.05, 0.1) is 0 Å². The molecule has 1 nitrogen and oxygen atoms in total. The van der Waals surface area contributed by atoms with Crippen molar-refractivity contribution in [3.8, 4) is 0 Å². The zero-order chi connectivity index (χ0) is 15.4. The van der Waals surface area contributed by atoms with E-state index in [2.05, 4.69) is 73.8 Å². The fourth-order valence-corrected chi connectivity index (χ4v) is 2.86. The molecular weight excluding hydrogens is 266 g/mol. The molecule has 2 aromatic rings. The van der Waals surface area contributed by atoms with Crippen molar-refractivity contribution in [2.24, 2.45) is 0 Å². The fourth-order valence-electron chi connectivity index (χ4n) is 2.86. The molecule has 0 aliphatic heterocycles. The van der Waals surface area contributed by atoms with E-state index in [4.69, 9.17) is 0 Å². The molecule has 0 spiro atoms. The summed E-state index contributed by atoms with van der Waals surface area (Å²) in [5, 5.41) is 3.42. The molecule has 0 radical (unpaired) electrons. The maximum Gasteiger partial charge on any atom is 0.0381 e. The van der Waals surface area contributed by atoms with Crippen LogP contribution in [0.1, 0.15) is 25.0 Å². The number of anilines is 1. The van der Waals surface area contributed by atoms with Gasteiger partial charge in [0.1, 0.15) is 0 Å². The molecule has 1 heteroatoms. The zero-order valence-electron chi connectivity index (χ0n) is 13.1. The quantitative estimate of drug-likeness (QED) is 0.776. The van der Waals surface area contributed by atoms with Gasteiger partial charge < -0.3 is 5.32 Å². The number of fused-ring (bicyclic) bond motifs is 1. The van der Waals surface area contributed by atoms with Crippen molar-refractivity contribution in [1.82, 2.24) is 0 Å². The van der Waals surface area contributed by atoms with Crippen LogP contribution in [0.2, 0.25) is 0 Å². The number of nitrogens with one attached hydrogen (secondary N) is 1. The van der Waals surface area contributed by atoms with Gasteiger partial charge >= 0.3 is 0 Å². The first kappa shape index (κ1) is 14.4. The van der Waals surface area contributed by atoms with Gasteiger partial charge in [-0.1, -0.05) is 54.6 Å². The van der Waals surface area contributed by atoms with E-state index in [0.29, 0.717) is 0 Å². The molecule has 110 valence electrons. The van der Waals surface area contributed by atoms with Gasteiger partial charge in [0, 0.05) is 11.4 Å². The number of para-hydroxylation sites is 1. The highest BCUT2D eigenvalue weighted by atomic mass is 14.9. The van der Waals surface area contributed by atoms with Gasteiger partial charge in [-0.2, -0.15) is 0 Å². The minimum absolute atomic E-state index is 1.04. The summed E-state index contributed by atoms with van der Waals surface area (Å²) >= 11 is 0. The molecule has 1 N–H and O–H groups in total. The van der Waals surface area contributed by atoms with Gasteiger partial charge in [-0.3, -0.25) is 0 Å². The Balaban J connectivity index is 1.86. The Bertz CT molecular complexity index is 748. The van der Waals surface area contributed by atoms with Gasteiger partial charge in [-0.05, 0) is 60.8 Å². The first-order valence-electron chi connectivity index (χ1n) is 7.72. The Hall–Kier alpha value is -2.54. The monoisotopic (exact) mass is 287 g/mol. The molecular formula is C21H21N. The van der Waals surface area contributed by atoms with Crippen LogP contribution in [-0.4, -0.2) is 0 Å². The molecule has 0 saturated heterocycles. The molecule has 0 fully saturated rings. The van der Waals surface area contributed by atoms with Crippen molar-refractivity contribution in [2.75, 3.05) is 5.32 Å². The summed E-state index contributed by atoms with van der Waals surface area (Å²) in [6.07, 6.45) is 7.65. The second kappa shape index (κ2) is 6.48. The molecule has 3 rings (SSSR count). The highest BCUT2D eigenvalue weighted by Crippen LogP contribution is 2.36. The maximum absolute atomic E-state index is 3.42. The average molecular weight is 287 g/mol. The zero-order valence-corrected chi connectivity index (χ0v) is 13.1. The molecule has 0 heterocycles. The Morgan fingerprint density at radius 2 is 1.73 bits per heavy atom. The van der Waals surface area contributed by atoms with Crippen LogP contribution in [-0.2, 0) is 6.42 Å². The first-order valence-corrected chi connectivity index (χ1v) is 7.72. The SMILES string of the molecule is C/C=C1/Cc2ccccc2/C1=C/C=C(\C)Nc1ccccc1. The molecule has 1 aliphatic rings. The van der Waals surface area contributed by atoms with E-state index in [9.17, 15) is 0 Å². The van der Waals surface area contributed by atoms with E-state index in [1.165, 1.54) is 22.3 Å². The molecule has 22 heavy (non-hydrogen) atoms. The smallest absolute Gasteiger partial charge is 0.0381 e. The third kappa shape index (κ3) is 3.04. The predicted molar refractivity (Wildman–Crippen MR) is 95.7 cm³/mol. The number of allylic oxidation sites excluding steroid dienone is 6. The van der Waals surface area contributed by atoms with Crippen LogP contribution in [0.4, 0.5) is 5.69 Å². The molecule has 0 unspecified atom stereocenters. The maximum atomic E-state index is 3.42. The second-order valence-electron chi connectivity index (χ2n) is 5.57. The summed E-state index contributed by atoms with van der Waals surface area (Å²) in [5.74, 6) is 0. The molecule has 1 aliphatic carbocycles. The lowest BCUT2D eigenvalue weighted by Gasteiger charge is -2.06. The molecule has 0 saturated carbocycles. The summed E-state index contributed by atoms with van der Waals surface area (Å²) in [6.45, 7) is 4.22. The van der Waals surface area contributed by atoms with Gasteiger partial charge in [0.2, 0.25) is 0 Å². The Morgan fingerprint density at radius 3 is 2.50 bits per heavy atom. The molecule has 0 atom stereocenters. The lowest BCUT2D eigenvalue weighted by atomic mass is 10.0. The molecule has 0 amide bonds. The van der Waals surface area contributed by atoms with Gasteiger partial charge in [0.15, 0.2) is 0 Å². The normalized spacial score (nSPS) is 17.8. The summed E-state index contributed by atoms with van der Waals surface area (Å²) in [7, 11) is 0. The van der Waals surface area contributed by atoms with Crippen LogP contribution in [0.5, 0.6) is 0 Å². The van der Waals surface area contributed by atoms with Crippen LogP contribution in [0, 0.1) is 0 Å². The molecule has 0 bridgehead atoms. The first-order chi connectivity index (χ1) is 10.8. The van der Waals surface area contributed by atoms with E-state index in [1.54, 1.807) is 0 Å². The van der Waals surface area contributed by atoms with Crippen molar-refractivity contribution in [2.45, 2.75) is 20.3 Å². The van der Waals surface area contributed by atoms with E-state index in [0.717, 1.165) is 17.8 Å². The van der Waals surface area contributed by atoms with Crippen LogP contribution in [0.3, 0.4) is 0 Å². The fraction of sp³-hybridized carbons (Fsp3) is 0.143. The summed E-state index contributed by atoms with van der Waals surface area (Å²) in [6, 6.07) is 18.9. The summed E-state index contributed by atoms with van der Waals surface area (Å²) in [5.41, 5.74) is 7.78. The summed E-state index contributed by atoms with van der Waals surface area (Å²) in [4.78, 5) is 0. The van der Waals surface area contributed by atoms with E-state index in [-0.39, 0.29) is 0 Å². The minimum atomic E-state index is 1.04. The van der Waals surface area contributed by atoms with E-state index < -0.39 is 0 Å². The van der Waals surface area contributed by atoms with Crippen molar-refractivity contribution in [1.29, 1.82) is 0 Å². The third-order valence-electron chi connectivity index (χ3n) is 4.00. The van der Waals surface area contributed by atoms with E-state index >= 15 is 0 Å². The van der Waals surface area contributed by atoms with Crippen molar-refractivity contribution in [3.63, 3.8) is 0 Å². The van der Waals surface area contributed by atoms with Crippen molar-refractivity contribution in [3.05, 3.63) is 95.2 Å². The highest BCUT2D eigenvalue weighted by molar-refractivity contribution is 5.86. The number of hydrogen-bond donors (Lipinski definition) is 1. The third-order valence-corrected chi connectivity index (χ3v) is 4.00. The largest absolute Gasteiger partial charge is 0.359 e. The predicted octanol–water partition coefficient (Wildman–Crippen LogP) is 5.59. The van der Waals surface area contributed by atoms with Crippen molar-refractivity contribution >= 4 is 11.3 Å². The van der Waals surface area contributed by atoms with Gasteiger partial charge in [-0.25, -0.2) is 0 Å². The number of rotatable bonds is 3.